The van der Waals surface area contributed by atoms with Gasteiger partial charge in [0.1, 0.15) is 0 Å². The van der Waals surface area contributed by atoms with Crippen LogP contribution in [0.25, 0.3) is 10.8 Å². The molecule has 0 aliphatic heterocycles. The molecule has 0 amide bonds. The van der Waals surface area contributed by atoms with Crippen LogP contribution in [0.2, 0.25) is 0 Å². The summed E-state index contributed by atoms with van der Waals surface area (Å²) in [7, 11) is 0. The monoisotopic (exact) mass is 283 g/mol. The van der Waals surface area contributed by atoms with Crippen LogP contribution in [-0.2, 0) is 5.41 Å². The molecule has 1 heteroatoms. The van der Waals surface area contributed by atoms with Gasteiger partial charge in [0.25, 0.3) is 0 Å². The summed E-state index contributed by atoms with van der Waals surface area (Å²) in [5.41, 5.74) is 8.72. The van der Waals surface area contributed by atoms with Gasteiger partial charge < -0.3 is 5.73 Å². The largest absolute Gasteiger partial charge is 0.398 e. The van der Waals surface area contributed by atoms with Crippen molar-refractivity contribution < 1.29 is 0 Å². The molecule has 0 saturated carbocycles. The number of hydrogen-bond donors (Lipinski definition) is 1. The van der Waals surface area contributed by atoms with Crippen molar-refractivity contribution in [3.8, 4) is 0 Å². The molecule has 2 aromatic carbocycles. The Labute approximate surface area is 129 Å². The van der Waals surface area contributed by atoms with Crippen LogP contribution in [0.3, 0.4) is 0 Å². The lowest BCUT2D eigenvalue weighted by atomic mass is 9.79. The molecule has 1 nitrogen and oxygen atoms in total. The summed E-state index contributed by atoms with van der Waals surface area (Å²) in [6.07, 6.45) is 7.93. The predicted octanol–water partition coefficient (Wildman–Crippen LogP) is 6.06. The maximum atomic E-state index is 6.25. The van der Waals surface area contributed by atoms with Crippen molar-refractivity contribution in [3.63, 3.8) is 0 Å². The number of benzene rings is 2. The number of anilines is 1. The van der Waals surface area contributed by atoms with Gasteiger partial charge in [0.2, 0.25) is 0 Å². The number of fused-ring (bicyclic) bond motifs is 1. The van der Waals surface area contributed by atoms with Crippen molar-refractivity contribution in [2.24, 2.45) is 0 Å². The number of nitrogens with two attached hydrogens (primary N) is 1. The standard InChI is InChI=1S/C20H29N/c1-4-5-6-7-10-13-20(2,3)17-14-16-11-8-9-12-18(16)19(21)15-17/h8-9,11-12,14-15H,4-7,10,13,21H2,1-3H3. The average molecular weight is 283 g/mol. The molecule has 21 heavy (non-hydrogen) atoms. The molecule has 2 rings (SSSR count). The van der Waals surface area contributed by atoms with Crippen LogP contribution in [0.15, 0.2) is 36.4 Å². The summed E-state index contributed by atoms with van der Waals surface area (Å²) < 4.78 is 0. The smallest absolute Gasteiger partial charge is 0.0396 e. The van der Waals surface area contributed by atoms with E-state index in [2.05, 4.69) is 57.2 Å². The van der Waals surface area contributed by atoms with E-state index in [1.807, 2.05) is 0 Å². The average Bonchev–Trinajstić information content (AvgIpc) is 2.47. The maximum Gasteiger partial charge on any atom is 0.0396 e. The fourth-order valence-electron chi connectivity index (χ4n) is 3.05. The summed E-state index contributed by atoms with van der Waals surface area (Å²) in [6.45, 7) is 6.95. The highest BCUT2D eigenvalue weighted by atomic mass is 14.6. The van der Waals surface area contributed by atoms with Crippen LogP contribution in [0.1, 0.15) is 64.9 Å². The molecule has 0 unspecified atom stereocenters. The third-order valence-electron chi connectivity index (χ3n) is 4.58. The molecule has 0 aromatic heterocycles. The van der Waals surface area contributed by atoms with Crippen molar-refractivity contribution >= 4 is 16.5 Å². The molecule has 0 fully saturated rings. The van der Waals surface area contributed by atoms with E-state index in [-0.39, 0.29) is 5.41 Å². The first-order valence-electron chi connectivity index (χ1n) is 8.33. The van der Waals surface area contributed by atoms with Gasteiger partial charge in [-0.1, -0.05) is 83.2 Å². The topological polar surface area (TPSA) is 26.0 Å². The molecule has 2 N–H and O–H groups in total. The third kappa shape index (κ3) is 4.00. The van der Waals surface area contributed by atoms with Crippen LogP contribution < -0.4 is 5.73 Å². The molecular weight excluding hydrogens is 254 g/mol. The van der Waals surface area contributed by atoms with Crippen LogP contribution in [0.5, 0.6) is 0 Å². The Morgan fingerprint density at radius 3 is 2.43 bits per heavy atom. The van der Waals surface area contributed by atoms with Crippen LogP contribution in [-0.4, -0.2) is 0 Å². The molecule has 2 aromatic rings. The third-order valence-corrected chi connectivity index (χ3v) is 4.58. The van der Waals surface area contributed by atoms with Crippen molar-refractivity contribution in [1.82, 2.24) is 0 Å². The lowest BCUT2D eigenvalue weighted by Crippen LogP contribution is -2.17. The van der Waals surface area contributed by atoms with E-state index in [1.165, 1.54) is 54.9 Å². The van der Waals surface area contributed by atoms with E-state index in [9.17, 15) is 0 Å². The Bertz CT molecular complexity index is 583. The molecule has 114 valence electrons. The normalized spacial score (nSPS) is 12.0. The fourth-order valence-corrected chi connectivity index (χ4v) is 3.05. The molecule has 0 heterocycles. The summed E-state index contributed by atoms with van der Waals surface area (Å²) >= 11 is 0. The van der Waals surface area contributed by atoms with Gasteiger partial charge in [-0.05, 0) is 28.9 Å². The maximum absolute atomic E-state index is 6.25. The Hall–Kier alpha value is -1.50. The number of rotatable bonds is 7. The van der Waals surface area contributed by atoms with Gasteiger partial charge in [-0.3, -0.25) is 0 Å². The van der Waals surface area contributed by atoms with Gasteiger partial charge in [0, 0.05) is 11.1 Å². The lowest BCUT2D eigenvalue weighted by Gasteiger charge is -2.26. The van der Waals surface area contributed by atoms with Crippen LogP contribution in [0, 0.1) is 0 Å². The quantitative estimate of drug-likeness (QED) is 0.485. The second-order valence-corrected chi connectivity index (χ2v) is 6.83. The first-order chi connectivity index (χ1) is 10.0. The second kappa shape index (κ2) is 6.98. The zero-order chi connectivity index (χ0) is 15.3. The Morgan fingerprint density at radius 2 is 1.67 bits per heavy atom. The van der Waals surface area contributed by atoms with Gasteiger partial charge in [-0.15, -0.1) is 0 Å². The lowest BCUT2D eigenvalue weighted by molar-refractivity contribution is 0.444. The van der Waals surface area contributed by atoms with Crippen molar-refractivity contribution in [1.29, 1.82) is 0 Å². The first kappa shape index (κ1) is 15.9. The minimum absolute atomic E-state index is 0.199. The van der Waals surface area contributed by atoms with E-state index in [1.54, 1.807) is 0 Å². The van der Waals surface area contributed by atoms with Gasteiger partial charge in [-0.2, -0.15) is 0 Å². The summed E-state index contributed by atoms with van der Waals surface area (Å²) in [5.74, 6) is 0. The molecule has 0 aliphatic carbocycles. The Morgan fingerprint density at radius 1 is 0.952 bits per heavy atom. The van der Waals surface area contributed by atoms with Crippen molar-refractivity contribution in [2.45, 2.75) is 64.7 Å². The van der Waals surface area contributed by atoms with E-state index in [0.29, 0.717) is 0 Å². The predicted molar refractivity (Wildman–Crippen MR) is 94.8 cm³/mol. The SMILES string of the molecule is CCCCCCCC(C)(C)c1cc(N)c2ccccc2c1. The van der Waals surface area contributed by atoms with Crippen LogP contribution >= 0.6 is 0 Å². The highest BCUT2D eigenvalue weighted by molar-refractivity contribution is 5.93. The van der Waals surface area contributed by atoms with Gasteiger partial charge in [0.15, 0.2) is 0 Å². The summed E-state index contributed by atoms with van der Waals surface area (Å²) in [5, 5.41) is 2.42. The van der Waals surface area contributed by atoms with Gasteiger partial charge in [0.05, 0.1) is 0 Å². The molecular formula is C20H29N. The van der Waals surface area contributed by atoms with E-state index in [0.717, 1.165) is 5.69 Å². The number of nitrogen functional groups attached to an aromatic ring is 1. The van der Waals surface area contributed by atoms with Crippen molar-refractivity contribution in [3.05, 3.63) is 42.0 Å². The first-order valence-corrected chi connectivity index (χ1v) is 8.33. The molecule has 0 bridgehead atoms. The molecule has 0 saturated heterocycles. The zero-order valence-electron chi connectivity index (χ0n) is 13.8. The molecule has 0 radical (unpaired) electrons. The summed E-state index contributed by atoms with van der Waals surface area (Å²) in [4.78, 5) is 0. The van der Waals surface area contributed by atoms with E-state index >= 15 is 0 Å². The van der Waals surface area contributed by atoms with E-state index in [4.69, 9.17) is 5.73 Å². The minimum atomic E-state index is 0.199. The molecule has 0 atom stereocenters. The minimum Gasteiger partial charge on any atom is -0.398 e. The number of unbranched alkanes of at least 4 members (excludes halogenated alkanes) is 4. The van der Waals surface area contributed by atoms with E-state index < -0.39 is 0 Å². The highest BCUT2D eigenvalue weighted by Gasteiger charge is 2.21. The summed E-state index contributed by atoms with van der Waals surface area (Å²) in [6, 6.07) is 12.9. The molecule has 0 spiro atoms. The van der Waals surface area contributed by atoms with Gasteiger partial charge >= 0.3 is 0 Å². The Kier molecular flexibility index (Phi) is 5.27. The molecule has 0 aliphatic rings. The Balaban J connectivity index is 2.12. The van der Waals surface area contributed by atoms with Crippen LogP contribution in [0.4, 0.5) is 5.69 Å². The highest BCUT2D eigenvalue weighted by Crippen LogP contribution is 2.34. The van der Waals surface area contributed by atoms with Gasteiger partial charge in [-0.25, -0.2) is 0 Å². The zero-order valence-corrected chi connectivity index (χ0v) is 13.8. The van der Waals surface area contributed by atoms with Crippen molar-refractivity contribution in [2.75, 3.05) is 5.73 Å². The number of hydrogen-bond acceptors (Lipinski definition) is 1. The fraction of sp³-hybridized carbons (Fsp3) is 0.500. The second-order valence-electron chi connectivity index (χ2n) is 6.83.